The van der Waals surface area contributed by atoms with Crippen molar-refractivity contribution in [2.45, 2.75) is 32.7 Å². The molecule has 0 saturated heterocycles. The summed E-state index contributed by atoms with van der Waals surface area (Å²) in [6.07, 6.45) is 1.31. The fourth-order valence-corrected chi connectivity index (χ4v) is 1.69. The Morgan fingerprint density at radius 2 is 2.20 bits per heavy atom. The molecule has 82 valence electrons. The largest absolute Gasteiger partial charge is 0.480 e. The van der Waals surface area contributed by atoms with Crippen molar-refractivity contribution in [1.82, 2.24) is 0 Å². The molecule has 0 heterocycles. The molecule has 15 heavy (non-hydrogen) atoms. The van der Waals surface area contributed by atoms with Crippen molar-refractivity contribution in [3.8, 4) is 0 Å². The summed E-state index contributed by atoms with van der Waals surface area (Å²) in [5.41, 5.74) is 8.92. The second kappa shape index (κ2) is 4.94. The number of hydrogen-bond acceptors (Lipinski definition) is 2. The summed E-state index contributed by atoms with van der Waals surface area (Å²) in [6.45, 7) is 4.05. The van der Waals surface area contributed by atoms with E-state index >= 15 is 0 Å². The van der Waals surface area contributed by atoms with Gasteiger partial charge in [-0.05, 0) is 36.5 Å². The van der Waals surface area contributed by atoms with E-state index in [9.17, 15) is 4.79 Å². The summed E-state index contributed by atoms with van der Waals surface area (Å²) in [7, 11) is 0. The second-order valence-corrected chi connectivity index (χ2v) is 3.71. The Morgan fingerprint density at radius 1 is 1.53 bits per heavy atom. The van der Waals surface area contributed by atoms with Crippen molar-refractivity contribution in [3.05, 3.63) is 34.9 Å². The lowest BCUT2D eigenvalue weighted by Crippen LogP contribution is -2.32. The second-order valence-electron chi connectivity index (χ2n) is 3.71. The summed E-state index contributed by atoms with van der Waals surface area (Å²) in [6, 6.07) is 5.20. The van der Waals surface area contributed by atoms with E-state index in [1.807, 2.05) is 25.1 Å². The van der Waals surface area contributed by atoms with Crippen molar-refractivity contribution < 1.29 is 9.90 Å². The van der Waals surface area contributed by atoms with E-state index in [-0.39, 0.29) is 0 Å². The molecular formula is C12H17NO2. The zero-order valence-electron chi connectivity index (χ0n) is 9.16. The number of nitrogens with two attached hydrogens (primary N) is 1. The van der Waals surface area contributed by atoms with Crippen LogP contribution in [0.3, 0.4) is 0 Å². The van der Waals surface area contributed by atoms with Crippen LogP contribution in [0.25, 0.3) is 0 Å². The molecule has 0 amide bonds. The molecule has 1 aromatic carbocycles. The Morgan fingerprint density at radius 3 is 2.73 bits per heavy atom. The Labute approximate surface area is 89.9 Å². The van der Waals surface area contributed by atoms with Crippen molar-refractivity contribution >= 4 is 5.97 Å². The Balaban J connectivity index is 2.97. The molecule has 0 saturated carbocycles. The standard InChI is InChI=1S/C12H17NO2/c1-3-9-6-4-5-8(2)10(9)7-11(13)12(14)15/h4-6,11H,3,7,13H2,1-2H3,(H,14,15)/t11-/m0/s1. The zero-order chi connectivity index (χ0) is 11.4. The maximum absolute atomic E-state index is 10.7. The molecule has 0 bridgehead atoms. The normalized spacial score (nSPS) is 12.5. The van der Waals surface area contributed by atoms with Crippen molar-refractivity contribution in [2.24, 2.45) is 5.73 Å². The predicted molar refractivity (Wildman–Crippen MR) is 59.9 cm³/mol. The van der Waals surface area contributed by atoms with Crippen molar-refractivity contribution in [2.75, 3.05) is 0 Å². The van der Waals surface area contributed by atoms with Crippen LogP contribution in [0.2, 0.25) is 0 Å². The summed E-state index contributed by atoms with van der Waals surface area (Å²) in [5, 5.41) is 8.77. The number of hydrogen-bond donors (Lipinski definition) is 2. The predicted octanol–water partition coefficient (Wildman–Crippen LogP) is 1.51. The molecule has 0 aliphatic rings. The third kappa shape index (κ3) is 2.80. The van der Waals surface area contributed by atoms with E-state index < -0.39 is 12.0 Å². The number of aryl methyl sites for hydroxylation is 2. The molecule has 0 fully saturated rings. The summed E-state index contributed by atoms with van der Waals surface area (Å²) in [5.74, 6) is -0.944. The van der Waals surface area contributed by atoms with Gasteiger partial charge < -0.3 is 10.8 Å². The van der Waals surface area contributed by atoms with Gasteiger partial charge in [-0.25, -0.2) is 0 Å². The van der Waals surface area contributed by atoms with Gasteiger partial charge in [-0.1, -0.05) is 25.1 Å². The molecule has 0 aliphatic heterocycles. The molecule has 3 N–H and O–H groups in total. The lowest BCUT2D eigenvalue weighted by Gasteiger charge is -2.13. The summed E-state index contributed by atoms with van der Waals surface area (Å²) < 4.78 is 0. The first-order valence-electron chi connectivity index (χ1n) is 5.12. The van der Waals surface area contributed by atoms with E-state index in [4.69, 9.17) is 10.8 Å². The van der Waals surface area contributed by atoms with Crippen LogP contribution < -0.4 is 5.73 Å². The minimum atomic E-state index is -0.944. The highest BCUT2D eigenvalue weighted by Crippen LogP contribution is 2.16. The quantitative estimate of drug-likeness (QED) is 0.786. The minimum absolute atomic E-state index is 0.408. The van der Waals surface area contributed by atoms with E-state index in [0.717, 1.165) is 17.5 Å². The molecular weight excluding hydrogens is 190 g/mol. The van der Waals surface area contributed by atoms with Gasteiger partial charge in [0.25, 0.3) is 0 Å². The highest BCUT2D eigenvalue weighted by Gasteiger charge is 2.15. The van der Waals surface area contributed by atoms with Gasteiger partial charge >= 0.3 is 5.97 Å². The number of benzene rings is 1. The van der Waals surface area contributed by atoms with E-state index in [1.165, 1.54) is 5.56 Å². The smallest absolute Gasteiger partial charge is 0.320 e. The summed E-state index contributed by atoms with van der Waals surface area (Å²) in [4.78, 5) is 10.7. The first kappa shape index (κ1) is 11.7. The van der Waals surface area contributed by atoms with Crippen LogP contribution in [0.4, 0.5) is 0 Å². The number of rotatable bonds is 4. The van der Waals surface area contributed by atoms with Gasteiger partial charge in [0.2, 0.25) is 0 Å². The van der Waals surface area contributed by atoms with Gasteiger partial charge in [-0.15, -0.1) is 0 Å². The molecule has 0 aliphatic carbocycles. The topological polar surface area (TPSA) is 63.3 Å². The van der Waals surface area contributed by atoms with Crippen LogP contribution in [0, 0.1) is 6.92 Å². The van der Waals surface area contributed by atoms with Crippen molar-refractivity contribution in [3.63, 3.8) is 0 Å². The molecule has 1 atom stereocenters. The third-order valence-corrected chi connectivity index (χ3v) is 2.63. The van der Waals surface area contributed by atoms with Crippen LogP contribution in [0.5, 0.6) is 0 Å². The first-order chi connectivity index (χ1) is 7.06. The monoisotopic (exact) mass is 207 g/mol. The molecule has 3 heteroatoms. The van der Waals surface area contributed by atoms with Gasteiger partial charge in [0.1, 0.15) is 6.04 Å². The van der Waals surface area contributed by atoms with Crippen molar-refractivity contribution in [1.29, 1.82) is 0 Å². The van der Waals surface area contributed by atoms with E-state index in [0.29, 0.717) is 6.42 Å². The van der Waals surface area contributed by atoms with Crippen LogP contribution in [0.1, 0.15) is 23.6 Å². The van der Waals surface area contributed by atoms with E-state index in [2.05, 4.69) is 6.92 Å². The number of carboxylic acids is 1. The van der Waals surface area contributed by atoms with Gasteiger partial charge in [0.05, 0.1) is 0 Å². The van der Waals surface area contributed by atoms with Gasteiger partial charge in [0, 0.05) is 0 Å². The Kier molecular flexibility index (Phi) is 3.86. The maximum atomic E-state index is 10.7. The van der Waals surface area contributed by atoms with Crippen LogP contribution in [0.15, 0.2) is 18.2 Å². The molecule has 3 nitrogen and oxygen atoms in total. The molecule has 1 aromatic rings. The van der Waals surface area contributed by atoms with Gasteiger partial charge in [0.15, 0.2) is 0 Å². The molecule has 0 aromatic heterocycles. The fraction of sp³-hybridized carbons (Fsp3) is 0.417. The molecule has 0 spiro atoms. The zero-order valence-corrected chi connectivity index (χ0v) is 9.16. The highest BCUT2D eigenvalue weighted by molar-refractivity contribution is 5.73. The average Bonchev–Trinajstić information content (AvgIpc) is 2.20. The SMILES string of the molecule is CCc1cccc(C)c1C[C@H](N)C(=O)O. The molecule has 0 radical (unpaired) electrons. The fourth-order valence-electron chi connectivity index (χ4n) is 1.69. The third-order valence-electron chi connectivity index (χ3n) is 2.63. The number of carbonyl (C=O) groups is 1. The highest BCUT2D eigenvalue weighted by atomic mass is 16.4. The lowest BCUT2D eigenvalue weighted by atomic mass is 9.95. The molecule has 0 unspecified atom stereocenters. The average molecular weight is 207 g/mol. The number of aliphatic carboxylic acids is 1. The molecule has 1 rings (SSSR count). The number of carboxylic acid groups (broad SMARTS) is 1. The maximum Gasteiger partial charge on any atom is 0.320 e. The van der Waals surface area contributed by atoms with E-state index in [1.54, 1.807) is 0 Å². The first-order valence-corrected chi connectivity index (χ1v) is 5.12. The van der Waals surface area contributed by atoms with Crippen LogP contribution >= 0.6 is 0 Å². The Hall–Kier alpha value is -1.35. The van der Waals surface area contributed by atoms with Crippen LogP contribution in [-0.2, 0) is 17.6 Å². The summed E-state index contributed by atoms with van der Waals surface area (Å²) >= 11 is 0. The van der Waals surface area contributed by atoms with Gasteiger partial charge in [-0.2, -0.15) is 0 Å². The Bertz CT molecular complexity index is 361. The van der Waals surface area contributed by atoms with Crippen LogP contribution in [-0.4, -0.2) is 17.1 Å². The minimum Gasteiger partial charge on any atom is -0.480 e. The van der Waals surface area contributed by atoms with Gasteiger partial charge in [-0.3, -0.25) is 4.79 Å². The lowest BCUT2D eigenvalue weighted by molar-refractivity contribution is -0.138.